The molecule has 0 bridgehead atoms. The van der Waals surface area contributed by atoms with Crippen molar-refractivity contribution < 1.29 is 0 Å². The van der Waals surface area contributed by atoms with Crippen LogP contribution in [0.3, 0.4) is 0 Å². The average Bonchev–Trinajstić information content (AvgIpc) is 2.82. The number of hydrogen-bond donors (Lipinski definition) is 1. The van der Waals surface area contributed by atoms with Crippen LogP contribution in [0.1, 0.15) is 52.4 Å². The van der Waals surface area contributed by atoms with Crippen LogP contribution in [0.15, 0.2) is 24.3 Å². The fraction of sp³-hybridized carbons (Fsp3) is 0.588. The molecule has 0 saturated heterocycles. The molecule has 0 spiro atoms. The summed E-state index contributed by atoms with van der Waals surface area (Å²) in [6.45, 7) is 9.97. The van der Waals surface area contributed by atoms with Gasteiger partial charge in [-0.2, -0.15) is 0 Å². The monoisotopic (exact) mass is 273 g/mol. The van der Waals surface area contributed by atoms with Crippen molar-refractivity contribution in [3.05, 3.63) is 30.1 Å². The lowest BCUT2D eigenvalue weighted by atomic mass is 10.1. The van der Waals surface area contributed by atoms with E-state index >= 15 is 0 Å². The van der Waals surface area contributed by atoms with Crippen LogP contribution in [0.2, 0.25) is 0 Å². The predicted octanol–water partition coefficient (Wildman–Crippen LogP) is 3.94. The molecule has 1 aromatic heterocycles. The fourth-order valence-corrected chi connectivity index (χ4v) is 3.05. The minimum atomic E-state index is 0.425. The van der Waals surface area contributed by atoms with E-state index in [-0.39, 0.29) is 0 Å². The summed E-state index contributed by atoms with van der Waals surface area (Å²) in [5.41, 5.74) is 2.38. The third-order valence-electron chi connectivity index (χ3n) is 4.04. The van der Waals surface area contributed by atoms with E-state index in [2.05, 4.69) is 61.8 Å². The number of para-hydroxylation sites is 2. The quantitative estimate of drug-likeness (QED) is 0.828. The van der Waals surface area contributed by atoms with Gasteiger partial charge in [0.1, 0.15) is 5.82 Å². The number of fused-ring (bicyclic) bond motifs is 1. The van der Waals surface area contributed by atoms with Crippen LogP contribution >= 0.6 is 0 Å². The average molecular weight is 273 g/mol. The van der Waals surface area contributed by atoms with Crippen molar-refractivity contribution >= 4 is 11.0 Å². The molecule has 0 fully saturated rings. The Balaban J connectivity index is 2.46. The molecule has 1 N–H and O–H groups in total. The van der Waals surface area contributed by atoms with Crippen molar-refractivity contribution in [2.75, 3.05) is 6.54 Å². The molecule has 2 unspecified atom stereocenters. The van der Waals surface area contributed by atoms with Gasteiger partial charge in [0.2, 0.25) is 0 Å². The molecule has 110 valence electrons. The van der Waals surface area contributed by atoms with Crippen molar-refractivity contribution in [3.8, 4) is 0 Å². The van der Waals surface area contributed by atoms with Gasteiger partial charge in [-0.1, -0.05) is 32.9 Å². The summed E-state index contributed by atoms with van der Waals surface area (Å²) in [6, 6.07) is 9.41. The molecule has 1 heterocycles. The van der Waals surface area contributed by atoms with Gasteiger partial charge in [-0.3, -0.25) is 0 Å². The van der Waals surface area contributed by atoms with Crippen molar-refractivity contribution in [2.24, 2.45) is 0 Å². The zero-order valence-corrected chi connectivity index (χ0v) is 13.2. The Morgan fingerprint density at radius 3 is 2.60 bits per heavy atom. The largest absolute Gasteiger partial charge is 0.324 e. The van der Waals surface area contributed by atoms with Crippen LogP contribution < -0.4 is 5.32 Å². The van der Waals surface area contributed by atoms with Crippen LogP contribution in [0.5, 0.6) is 0 Å². The normalized spacial score (nSPS) is 14.6. The molecule has 0 aliphatic carbocycles. The Morgan fingerprint density at radius 1 is 1.20 bits per heavy atom. The predicted molar refractivity (Wildman–Crippen MR) is 86.2 cm³/mol. The van der Waals surface area contributed by atoms with Gasteiger partial charge >= 0.3 is 0 Å². The molecular weight excluding hydrogens is 246 g/mol. The number of imidazole rings is 1. The van der Waals surface area contributed by atoms with Crippen LogP contribution in [0, 0.1) is 0 Å². The smallest absolute Gasteiger partial charge is 0.110 e. The maximum atomic E-state index is 4.84. The summed E-state index contributed by atoms with van der Waals surface area (Å²) in [4.78, 5) is 4.84. The van der Waals surface area contributed by atoms with E-state index in [0.717, 1.165) is 31.3 Å². The van der Waals surface area contributed by atoms with Gasteiger partial charge in [-0.05, 0) is 38.4 Å². The third kappa shape index (κ3) is 2.88. The SMILES string of the molecule is CCCc1nc2ccccc2n1C(C)C(CC)NCC. The highest BCUT2D eigenvalue weighted by Crippen LogP contribution is 2.25. The van der Waals surface area contributed by atoms with E-state index < -0.39 is 0 Å². The number of aryl methyl sites for hydroxylation is 1. The molecule has 2 aromatic rings. The maximum absolute atomic E-state index is 4.84. The summed E-state index contributed by atoms with van der Waals surface area (Å²) >= 11 is 0. The zero-order chi connectivity index (χ0) is 14.5. The van der Waals surface area contributed by atoms with Crippen LogP contribution in [-0.4, -0.2) is 22.1 Å². The summed E-state index contributed by atoms with van der Waals surface area (Å²) in [5, 5.41) is 3.61. The highest BCUT2D eigenvalue weighted by atomic mass is 15.1. The summed E-state index contributed by atoms with van der Waals surface area (Å²) in [6.07, 6.45) is 3.31. The highest BCUT2D eigenvalue weighted by Gasteiger charge is 2.21. The first-order valence-electron chi connectivity index (χ1n) is 7.92. The highest BCUT2D eigenvalue weighted by molar-refractivity contribution is 5.76. The number of benzene rings is 1. The van der Waals surface area contributed by atoms with E-state index in [4.69, 9.17) is 4.98 Å². The molecule has 0 saturated carbocycles. The van der Waals surface area contributed by atoms with Gasteiger partial charge < -0.3 is 9.88 Å². The lowest BCUT2D eigenvalue weighted by Gasteiger charge is -2.27. The Labute approximate surface area is 122 Å². The fourth-order valence-electron chi connectivity index (χ4n) is 3.05. The first-order chi connectivity index (χ1) is 9.72. The zero-order valence-electron chi connectivity index (χ0n) is 13.2. The lowest BCUT2D eigenvalue weighted by molar-refractivity contribution is 0.365. The molecular formula is C17H27N3. The Bertz CT molecular complexity index is 544. The van der Waals surface area contributed by atoms with Gasteiger partial charge in [0, 0.05) is 18.5 Å². The number of likely N-dealkylation sites (N-methyl/N-ethyl adjacent to an activating group) is 1. The molecule has 2 atom stereocenters. The molecule has 3 heteroatoms. The summed E-state index contributed by atoms with van der Waals surface area (Å²) < 4.78 is 2.44. The summed E-state index contributed by atoms with van der Waals surface area (Å²) in [7, 11) is 0. The van der Waals surface area contributed by atoms with E-state index in [9.17, 15) is 0 Å². The molecule has 2 rings (SSSR count). The van der Waals surface area contributed by atoms with Crippen LogP contribution in [0.25, 0.3) is 11.0 Å². The Hall–Kier alpha value is -1.35. The number of hydrogen-bond acceptors (Lipinski definition) is 2. The second-order valence-electron chi connectivity index (χ2n) is 5.45. The Morgan fingerprint density at radius 2 is 1.95 bits per heavy atom. The lowest BCUT2D eigenvalue weighted by Crippen LogP contribution is -2.36. The van der Waals surface area contributed by atoms with E-state index in [1.54, 1.807) is 0 Å². The molecule has 20 heavy (non-hydrogen) atoms. The van der Waals surface area contributed by atoms with Gasteiger partial charge in [0.05, 0.1) is 11.0 Å². The maximum Gasteiger partial charge on any atom is 0.110 e. The van der Waals surface area contributed by atoms with E-state index in [0.29, 0.717) is 12.1 Å². The number of nitrogens with zero attached hydrogens (tertiary/aromatic N) is 2. The van der Waals surface area contributed by atoms with Gasteiger partial charge in [-0.25, -0.2) is 4.98 Å². The first kappa shape index (κ1) is 15.0. The first-order valence-corrected chi connectivity index (χ1v) is 7.92. The Kier molecular flexibility index (Phi) is 5.18. The number of rotatable bonds is 7. The molecule has 0 aliphatic heterocycles. The van der Waals surface area contributed by atoms with E-state index in [1.807, 2.05) is 0 Å². The van der Waals surface area contributed by atoms with Crippen molar-refractivity contribution in [2.45, 2.75) is 59.0 Å². The molecule has 0 amide bonds. The van der Waals surface area contributed by atoms with E-state index in [1.165, 1.54) is 11.3 Å². The van der Waals surface area contributed by atoms with Crippen LogP contribution in [0.4, 0.5) is 0 Å². The molecule has 0 aliphatic rings. The van der Waals surface area contributed by atoms with Crippen molar-refractivity contribution in [1.29, 1.82) is 0 Å². The molecule has 3 nitrogen and oxygen atoms in total. The topological polar surface area (TPSA) is 29.9 Å². The molecule has 0 radical (unpaired) electrons. The second-order valence-corrected chi connectivity index (χ2v) is 5.45. The minimum Gasteiger partial charge on any atom is -0.324 e. The van der Waals surface area contributed by atoms with Gasteiger partial charge in [0.15, 0.2) is 0 Å². The van der Waals surface area contributed by atoms with Crippen LogP contribution in [-0.2, 0) is 6.42 Å². The molecule has 1 aromatic carbocycles. The standard InChI is InChI=1S/C17H27N3/c1-5-10-17-19-15-11-8-9-12-16(15)20(17)13(4)14(6-2)18-7-3/h8-9,11-14,18H,5-7,10H2,1-4H3. The third-order valence-corrected chi connectivity index (χ3v) is 4.04. The van der Waals surface area contributed by atoms with Crippen molar-refractivity contribution in [1.82, 2.24) is 14.9 Å². The summed E-state index contributed by atoms with van der Waals surface area (Å²) in [5.74, 6) is 1.22. The number of nitrogens with one attached hydrogen (secondary N) is 1. The van der Waals surface area contributed by atoms with Crippen molar-refractivity contribution in [3.63, 3.8) is 0 Å². The minimum absolute atomic E-state index is 0.425. The van der Waals surface area contributed by atoms with Gasteiger partial charge in [0.25, 0.3) is 0 Å². The number of aromatic nitrogens is 2. The van der Waals surface area contributed by atoms with Gasteiger partial charge in [-0.15, -0.1) is 0 Å². The second kappa shape index (κ2) is 6.89.